The van der Waals surface area contributed by atoms with Gasteiger partial charge in [0, 0.05) is 19.3 Å². The summed E-state index contributed by atoms with van der Waals surface area (Å²) < 4.78 is 16.7. The minimum Gasteiger partial charge on any atom is -0.462 e. The van der Waals surface area contributed by atoms with E-state index in [-0.39, 0.29) is 37.5 Å². The number of carbonyl (C=O) groups excluding carboxylic acids is 3. The molecule has 0 saturated heterocycles. The van der Waals surface area contributed by atoms with Crippen molar-refractivity contribution in [3.05, 3.63) is 122 Å². The molecule has 61 heavy (non-hydrogen) atoms. The maximum absolute atomic E-state index is 12.8. The summed E-state index contributed by atoms with van der Waals surface area (Å²) in [6, 6.07) is 0. The summed E-state index contributed by atoms with van der Waals surface area (Å²) in [4.78, 5) is 37.8. The lowest BCUT2D eigenvalue weighted by Crippen LogP contribution is -2.30. The number of ether oxygens (including phenoxy) is 3. The van der Waals surface area contributed by atoms with Crippen LogP contribution >= 0.6 is 0 Å². The number of allylic oxidation sites excluding steroid dienone is 20. The molecule has 0 aliphatic rings. The molecular formula is C55H86O6. The van der Waals surface area contributed by atoms with Crippen LogP contribution in [-0.2, 0) is 28.6 Å². The molecule has 0 aromatic carbocycles. The van der Waals surface area contributed by atoms with Crippen LogP contribution in [0.4, 0.5) is 0 Å². The molecule has 1 atom stereocenters. The Labute approximate surface area is 373 Å². The predicted octanol–water partition coefficient (Wildman–Crippen LogP) is 15.7. The number of rotatable bonds is 41. The molecule has 6 heteroatoms. The van der Waals surface area contributed by atoms with E-state index in [0.717, 1.165) is 122 Å². The van der Waals surface area contributed by atoms with Crippen molar-refractivity contribution in [2.24, 2.45) is 0 Å². The number of carbonyl (C=O) groups is 3. The van der Waals surface area contributed by atoms with Crippen molar-refractivity contribution in [3.8, 4) is 0 Å². The van der Waals surface area contributed by atoms with Gasteiger partial charge in [-0.3, -0.25) is 14.4 Å². The highest BCUT2D eigenvalue weighted by molar-refractivity contribution is 5.71. The van der Waals surface area contributed by atoms with E-state index in [4.69, 9.17) is 14.2 Å². The normalized spacial score (nSPS) is 13.2. The molecule has 0 amide bonds. The Morgan fingerprint density at radius 1 is 0.344 bits per heavy atom. The van der Waals surface area contributed by atoms with E-state index in [1.54, 1.807) is 0 Å². The van der Waals surface area contributed by atoms with Crippen molar-refractivity contribution in [1.29, 1.82) is 0 Å². The van der Waals surface area contributed by atoms with Crippen LogP contribution in [-0.4, -0.2) is 37.2 Å². The molecule has 342 valence electrons. The Kier molecular flexibility index (Phi) is 45.1. The van der Waals surface area contributed by atoms with Crippen molar-refractivity contribution >= 4 is 17.9 Å². The van der Waals surface area contributed by atoms with Crippen LogP contribution in [0.1, 0.15) is 188 Å². The molecule has 0 spiro atoms. The fourth-order valence-electron chi connectivity index (χ4n) is 6.00. The molecule has 0 fully saturated rings. The van der Waals surface area contributed by atoms with Gasteiger partial charge in [0.2, 0.25) is 0 Å². The van der Waals surface area contributed by atoms with Crippen LogP contribution in [0.3, 0.4) is 0 Å². The largest absolute Gasteiger partial charge is 0.462 e. The minimum absolute atomic E-state index is 0.117. The average molecular weight is 843 g/mol. The summed E-state index contributed by atoms with van der Waals surface area (Å²) in [6.07, 6.45) is 66.2. The van der Waals surface area contributed by atoms with Crippen molar-refractivity contribution in [2.75, 3.05) is 13.2 Å². The Morgan fingerprint density at radius 3 is 1.20 bits per heavy atom. The Morgan fingerprint density at radius 2 is 0.705 bits per heavy atom. The first-order valence-electron chi connectivity index (χ1n) is 24.1. The third kappa shape index (κ3) is 46.7. The zero-order valence-corrected chi connectivity index (χ0v) is 38.9. The number of esters is 3. The van der Waals surface area contributed by atoms with Crippen molar-refractivity contribution in [1.82, 2.24) is 0 Å². The maximum atomic E-state index is 12.8. The van der Waals surface area contributed by atoms with E-state index in [1.807, 2.05) is 12.2 Å². The second-order valence-electron chi connectivity index (χ2n) is 15.3. The van der Waals surface area contributed by atoms with E-state index in [2.05, 4.69) is 130 Å². The summed E-state index contributed by atoms with van der Waals surface area (Å²) in [6.45, 7) is 6.17. The molecule has 0 heterocycles. The first-order valence-corrected chi connectivity index (χ1v) is 24.1. The molecule has 1 unspecified atom stereocenters. The lowest BCUT2D eigenvalue weighted by Gasteiger charge is -2.18. The first-order chi connectivity index (χ1) is 30.0. The molecule has 6 nitrogen and oxygen atoms in total. The number of hydrogen-bond donors (Lipinski definition) is 0. The second kappa shape index (κ2) is 48.5. The SMILES string of the molecule is CC\C=C/C=C\C=C/CCCCCCCCCC(=O)OC(COC(=O)CC/C=C\C/C=C\C/C=C\C/C=C\C/C=C\CC)COC(=O)CCCCCCC/C=C\C/C=C\CC. The third-order valence-corrected chi connectivity index (χ3v) is 9.52. The van der Waals surface area contributed by atoms with Gasteiger partial charge in [-0.15, -0.1) is 0 Å². The number of unbranched alkanes of at least 4 members (excludes halogenated alkanes) is 12. The summed E-state index contributed by atoms with van der Waals surface area (Å²) in [5.41, 5.74) is 0. The van der Waals surface area contributed by atoms with Gasteiger partial charge in [0.15, 0.2) is 6.10 Å². The van der Waals surface area contributed by atoms with Gasteiger partial charge in [-0.1, -0.05) is 194 Å². The van der Waals surface area contributed by atoms with Gasteiger partial charge >= 0.3 is 17.9 Å². The fourth-order valence-corrected chi connectivity index (χ4v) is 6.00. The summed E-state index contributed by atoms with van der Waals surface area (Å²) in [5, 5.41) is 0. The van der Waals surface area contributed by atoms with Crippen LogP contribution in [0.5, 0.6) is 0 Å². The van der Waals surface area contributed by atoms with Gasteiger partial charge in [0.1, 0.15) is 13.2 Å². The van der Waals surface area contributed by atoms with Gasteiger partial charge in [-0.25, -0.2) is 0 Å². The van der Waals surface area contributed by atoms with Crippen LogP contribution in [0.2, 0.25) is 0 Å². The fraction of sp³-hybridized carbons (Fsp3) is 0.582. The predicted molar refractivity (Wildman–Crippen MR) is 260 cm³/mol. The quantitative estimate of drug-likeness (QED) is 0.0201. The van der Waals surface area contributed by atoms with E-state index in [9.17, 15) is 14.4 Å². The average Bonchev–Trinajstić information content (AvgIpc) is 3.26. The molecule has 0 aromatic heterocycles. The Hall–Kier alpha value is -4.19. The molecule has 0 aromatic rings. The topological polar surface area (TPSA) is 78.9 Å². The maximum Gasteiger partial charge on any atom is 0.306 e. The molecular weight excluding hydrogens is 757 g/mol. The van der Waals surface area contributed by atoms with Crippen molar-refractivity contribution in [3.63, 3.8) is 0 Å². The summed E-state index contributed by atoms with van der Waals surface area (Å²) >= 11 is 0. The second-order valence-corrected chi connectivity index (χ2v) is 15.3. The zero-order chi connectivity index (χ0) is 44.4. The van der Waals surface area contributed by atoms with E-state index in [0.29, 0.717) is 19.3 Å². The molecule has 0 saturated carbocycles. The van der Waals surface area contributed by atoms with E-state index < -0.39 is 6.10 Å². The highest BCUT2D eigenvalue weighted by Crippen LogP contribution is 2.13. The summed E-state index contributed by atoms with van der Waals surface area (Å²) in [7, 11) is 0. The molecule has 0 bridgehead atoms. The third-order valence-electron chi connectivity index (χ3n) is 9.52. The molecule has 0 aliphatic heterocycles. The van der Waals surface area contributed by atoms with Gasteiger partial charge < -0.3 is 14.2 Å². The van der Waals surface area contributed by atoms with Gasteiger partial charge in [-0.2, -0.15) is 0 Å². The Bertz CT molecular complexity index is 1340. The van der Waals surface area contributed by atoms with Crippen molar-refractivity contribution in [2.45, 2.75) is 194 Å². The molecule has 0 N–H and O–H groups in total. The number of hydrogen-bond acceptors (Lipinski definition) is 6. The smallest absolute Gasteiger partial charge is 0.306 e. The first kappa shape index (κ1) is 56.8. The Balaban J connectivity index is 4.55. The zero-order valence-electron chi connectivity index (χ0n) is 38.9. The van der Waals surface area contributed by atoms with Crippen LogP contribution in [0.25, 0.3) is 0 Å². The monoisotopic (exact) mass is 843 g/mol. The van der Waals surface area contributed by atoms with Crippen LogP contribution < -0.4 is 0 Å². The highest BCUT2D eigenvalue weighted by atomic mass is 16.6. The lowest BCUT2D eigenvalue weighted by molar-refractivity contribution is -0.166. The van der Waals surface area contributed by atoms with Crippen molar-refractivity contribution < 1.29 is 28.6 Å². The standard InChI is InChI=1S/C55H86O6/c1-4-7-10-13-16-19-22-25-27-29-30-33-36-39-42-45-48-54(57)60-51-52(50-59-53(56)47-44-41-38-35-32-24-21-18-15-12-9-6-3)61-55(58)49-46-43-40-37-34-31-28-26-23-20-17-14-11-8-5-2/h7-12,14,16-21,23,25,27,30,33,39,42,52H,4-6,13,15,22,24,26,28-29,31-32,34-38,40-41,43-51H2,1-3H3/b10-7-,11-8-,12-9-,17-14-,19-16-,21-18-,23-20-,27-25-,33-30-,42-39-. The molecule has 0 rings (SSSR count). The van der Waals surface area contributed by atoms with E-state index >= 15 is 0 Å². The molecule has 0 radical (unpaired) electrons. The van der Waals surface area contributed by atoms with Crippen LogP contribution in [0.15, 0.2) is 122 Å². The summed E-state index contributed by atoms with van der Waals surface area (Å²) in [5.74, 6) is -1.04. The minimum atomic E-state index is -0.822. The van der Waals surface area contributed by atoms with E-state index in [1.165, 1.54) is 19.3 Å². The van der Waals surface area contributed by atoms with Gasteiger partial charge in [0.25, 0.3) is 0 Å². The lowest BCUT2D eigenvalue weighted by atomic mass is 10.1. The van der Waals surface area contributed by atoms with Gasteiger partial charge in [-0.05, 0) is 96.3 Å². The van der Waals surface area contributed by atoms with Crippen LogP contribution in [0, 0.1) is 0 Å². The van der Waals surface area contributed by atoms with Gasteiger partial charge in [0.05, 0.1) is 0 Å². The highest BCUT2D eigenvalue weighted by Gasteiger charge is 2.19. The molecule has 0 aliphatic carbocycles.